The molecule has 0 saturated heterocycles. The van der Waals surface area contributed by atoms with E-state index in [1.165, 1.54) is 0 Å². The summed E-state index contributed by atoms with van der Waals surface area (Å²) >= 11 is 0. The van der Waals surface area contributed by atoms with E-state index in [0.29, 0.717) is 12.4 Å². The zero-order valence-corrected chi connectivity index (χ0v) is 9.10. The van der Waals surface area contributed by atoms with Gasteiger partial charge in [-0.25, -0.2) is 4.79 Å². The molecule has 0 atom stereocenters. The fraction of sp³-hybridized carbons (Fsp3) is 0.250. The predicted molar refractivity (Wildman–Crippen MR) is 59.9 cm³/mol. The van der Waals surface area contributed by atoms with Crippen molar-refractivity contribution in [3.63, 3.8) is 0 Å². The molecule has 0 fully saturated rings. The molecule has 0 saturated carbocycles. The average molecular weight is 222 g/mol. The number of rotatable bonds is 6. The molecule has 1 rings (SSSR count). The molecule has 4 heteroatoms. The van der Waals surface area contributed by atoms with Crippen LogP contribution in [0.2, 0.25) is 0 Å². The van der Waals surface area contributed by atoms with Crippen molar-refractivity contribution in [1.82, 2.24) is 0 Å². The van der Waals surface area contributed by atoms with Crippen LogP contribution in [-0.4, -0.2) is 24.3 Å². The Morgan fingerprint density at radius 3 is 2.19 bits per heavy atom. The van der Waals surface area contributed by atoms with Gasteiger partial charge in [0.05, 0.1) is 12.2 Å². The molecule has 0 heterocycles. The quantitative estimate of drug-likeness (QED) is 0.749. The standard InChI is InChI=1S/C12H14O4/c1-3-15-10-4-6-11(7-5-10)16-8-9(2)12(13)14/h4-7H,2-3,8H2,1H3,(H,13,14). The molecule has 0 aliphatic carbocycles. The van der Waals surface area contributed by atoms with E-state index in [1.807, 2.05) is 6.92 Å². The topological polar surface area (TPSA) is 55.8 Å². The maximum atomic E-state index is 10.5. The third-order valence-corrected chi connectivity index (χ3v) is 1.85. The Labute approximate surface area is 94.1 Å². The van der Waals surface area contributed by atoms with E-state index in [1.54, 1.807) is 24.3 Å². The van der Waals surface area contributed by atoms with E-state index in [2.05, 4.69) is 6.58 Å². The van der Waals surface area contributed by atoms with Crippen LogP contribution in [0.15, 0.2) is 36.4 Å². The highest BCUT2D eigenvalue weighted by molar-refractivity contribution is 5.86. The maximum absolute atomic E-state index is 10.5. The molecule has 86 valence electrons. The number of hydrogen-bond donors (Lipinski definition) is 1. The highest BCUT2D eigenvalue weighted by Gasteiger charge is 2.04. The summed E-state index contributed by atoms with van der Waals surface area (Å²) in [7, 11) is 0. The molecular weight excluding hydrogens is 208 g/mol. The van der Waals surface area contributed by atoms with Gasteiger partial charge < -0.3 is 14.6 Å². The normalized spacial score (nSPS) is 9.56. The number of hydrogen-bond acceptors (Lipinski definition) is 3. The van der Waals surface area contributed by atoms with Crippen molar-refractivity contribution >= 4 is 5.97 Å². The Balaban J connectivity index is 2.49. The minimum absolute atomic E-state index is 0.0221. The number of carboxylic acid groups (broad SMARTS) is 1. The highest BCUT2D eigenvalue weighted by atomic mass is 16.5. The molecule has 1 aromatic carbocycles. The van der Waals surface area contributed by atoms with E-state index in [4.69, 9.17) is 14.6 Å². The second-order valence-electron chi connectivity index (χ2n) is 3.10. The monoisotopic (exact) mass is 222 g/mol. The average Bonchev–Trinajstić information content (AvgIpc) is 2.28. The van der Waals surface area contributed by atoms with Crippen LogP contribution in [0.1, 0.15) is 6.92 Å². The van der Waals surface area contributed by atoms with E-state index in [0.717, 1.165) is 5.75 Å². The van der Waals surface area contributed by atoms with Crippen molar-refractivity contribution in [1.29, 1.82) is 0 Å². The van der Waals surface area contributed by atoms with E-state index in [-0.39, 0.29) is 12.2 Å². The van der Waals surface area contributed by atoms with Gasteiger partial charge in [0.25, 0.3) is 0 Å². The van der Waals surface area contributed by atoms with Crippen molar-refractivity contribution in [2.45, 2.75) is 6.92 Å². The summed E-state index contributed by atoms with van der Waals surface area (Å²) < 4.78 is 10.5. The zero-order chi connectivity index (χ0) is 12.0. The van der Waals surface area contributed by atoms with Crippen molar-refractivity contribution in [3.8, 4) is 11.5 Å². The number of carboxylic acids is 1. The van der Waals surface area contributed by atoms with Crippen LogP contribution in [0.4, 0.5) is 0 Å². The van der Waals surface area contributed by atoms with Gasteiger partial charge in [0, 0.05) is 0 Å². The lowest BCUT2D eigenvalue weighted by molar-refractivity contribution is -0.133. The SMILES string of the molecule is C=C(COc1ccc(OCC)cc1)C(=O)O. The minimum Gasteiger partial charge on any atom is -0.494 e. The summed E-state index contributed by atoms with van der Waals surface area (Å²) in [6, 6.07) is 6.98. The fourth-order valence-corrected chi connectivity index (χ4v) is 1.03. The lowest BCUT2D eigenvalue weighted by Gasteiger charge is -2.07. The summed E-state index contributed by atoms with van der Waals surface area (Å²) in [5, 5.41) is 8.57. The number of benzene rings is 1. The molecule has 0 aromatic heterocycles. The number of aliphatic carboxylic acids is 1. The predicted octanol–water partition coefficient (Wildman–Crippen LogP) is 2.10. The van der Waals surface area contributed by atoms with Crippen LogP contribution in [-0.2, 0) is 4.79 Å². The molecule has 1 aromatic rings. The van der Waals surface area contributed by atoms with Gasteiger partial charge in [0.2, 0.25) is 0 Å². The zero-order valence-electron chi connectivity index (χ0n) is 9.10. The van der Waals surface area contributed by atoms with Gasteiger partial charge in [0.1, 0.15) is 18.1 Å². The minimum atomic E-state index is -1.05. The lowest BCUT2D eigenvalue weighted by atomic mass is 10.3. The number of carbonyl (C=O) groups is 1. The second-order valence-corrected chi connectivity index (χ2v) is 3.10. The van der Waals surface area contributed by atoms with E-state index in [9.17, 15) is 4.79 Å². The molecular formula is C12H14O4. The van der Waals surface area contributed by atoms with Gasteiger partial charge in [-0.05, 0) is 31.2 Å². The summed E-state index contributed by atoms with van der Waals surface area (Å²) in [5.41, 5.74) is 0.0221. The fourth-order valence-electron chi connectivity index (χ4n) is 1.03. The van der Waals surface area contributed by atoms with Gasteiger partial charge in [-0.15, -0.1) is 0 Å². The molecule has 0 radical (unpaired) electrons. The molecule has 0 unspecified atom stereocenters. The van der Waals surface area contributed by atoms with Gasteiger partial charge in [-0.2, -0.15) is 0 Å². The first-order valence-electron chi connectivity index (χ1n) is 4.90. The number of ether oxygens (including phenoxy) is 2. The summed E-state index contributed by atoms with van der Waals surface area (Å²) in [6.07, 6.45) is 0. The van der Waals surface area contributed by atoms with Crippen LogP contribution in [0.3, 0.4) is 0 Å². The molecule has 0 aliphatic rings. The Morgan fingerprint density at radius 1 is 1.25 bits per heavy atom. The van der Waals surface area contributed by atoms with Crippen LogP contribution in [0.25, 0.3) is 0 Å². The van der Waals surface area contributed by atoms with Gasteiger partial charge >= 0.3 is 5.97 Å². The van der Waals surface area contributed by atoms with E-state index >= 15 is 0 Å². The van der Waals surface area contributed by atoms with Crippen molar-refractivity contribution < 1.29 is 19.4 Å². The van der Waals surface area contributed by atoms with Gasteiger partial charge in [-0.1, -0.05) is 6.58 Å². The summed E-state index contributed by atoms with van der Waals surface area (Å²) in [6.45, 7) is 5.85. The Hall–Kier alpha value is -1.97. The van der Waals surface area contributed by atoms with Crippen LogP contribution >= 0.6 is 0 Å². The van der Waals surface area contributed by atoms with Gasteiger partial charge in [0.15, 0.2) is 0 Å². The Bertz CT molecular complexity index is 367. The first-order valence-corrected chi connectivity index (χ1v) is 4.90. The van der Waals surface area contributed by atoms with Crippen molar-refractivity contribution in [2.24, 2.45) is 0 Å². The molecule has 0 spiro atoms. The molecule has 4 nitrogen and oxygen atoms in total. The van der Waals surface area contributed by atoms with Crippen LogP contribution in [0.5, 0.6) is 11.5 Å². The third kappa shape index (κ3) is 3.65. The summed E-state index contributed by atoms with van der Waals surface area (Å²) in [5.74, 6) is 0.295. The third-order valence-electron chi connectivity index (χ3n) is 1.85. The second kappa shape index (κ2) is 5.80. The van der Waals surface area contributed by atoms with E-state index < -0.39 is 5.97 Å². The first kappa shape index (κ1) is 12.1. The first-order chi connectivity index (χ1) is 7.63. The Kier molecular flexibility index (Phi) is 4.39. The molecule has 16 heavy (non-hydrogen) atoms. The summed E-state index contributed by atoms with van der Waals surface area (Å²) in [4.78, 5) is 10.5. The largest absolute Gasteiger partial charge is 0.494 e. The van der Waals surface area contributed by atoms with Crippen molar-refractivity contribution in [3.05, 3.63) is 36.4 Å². The van der Waals surface area contributed by atoms with Crippen LogP contribution in [0, 0.1) is 0 Å². The Morgan fingerprint density at radius 2 is 1.75 bits per heavy atom. The van der Waals surface area contributed by atoms with Crippen LogP contribution < -0.4 is 9.47 Å². The highest BCUT2D eigenvalue weighted by Crippen LogP contribution is 2.17. The van der Waals surface area contributed by atoms with Gasteiger partial charge in [-0.3, -0.25) is 0 Å². The molecule has 0 aliphatic heterocycles. The molecule has 0 bridgehead atoms. The van der Waals surface area contributed by atoms with Crippen molar-refractivity contribution in [2.75, 3.05) is 13.2 Å². The maximum Gasteiger partial charge on any atom is 0.334 e. The smallest absolute Gasteiger partial charge is 0.334 e. The molecule has 1 N–H and O–H groups in total. The lowest BCUT2D eigenvalue weighted by Crippen LogP contribution is -2.08. The molecule has 0 amide bonds.